The number of aliphatic carboxylic acids is 1. The Balaban J connectivity index is 2.18. The largest absolute Gasteiger partial charge is 0.481 e. The molecule has 1 saturated carbocycles. The first-order valence-corrected chi connectivity index (χ1v) is 5.45. The van der Waals surface area contributed by atoms with E-state index < -0.39 is 5.97 Å². The number of hydrogen-bond donors (Lipinski definition) is 1. The van der Waals surface area contributed by atoms with E-state index in [9.17, 15) is 4.79 Å². The SMILES string of the molecule is CCc1ccc([C@H]2C[C@@H]2C(=O)O)cc1C. The minimum Gasteiger partial charge on any atom is -0.481 e. The summed E-state index contributed by atoms with van der Waals surface area (Å²) in [5, 5.41) is 8.86. The zero-order valence-electron chi connectivity index (χ0n) is 9.16. The molecule has 0 aromatic heterocycles. The first kappa shape index (κ1) is 10.2. The lowest BCUT2D eigenvalue weighted by molar-refractivity contribution is -0.138. The number of carbonyl (C=O) groups is 1. The van der Waals surface area contributed by atoms with Crippen molar-refractivity contribution in [2.75, 3.05) is 0 Å². The molecule has 2 atom stereocenters. The Morgan fingerprint density at radius 3 is 2.73 bits per heavy atom. The molecule has 2 nitrogen and oxygen atoms in total. The summed E-state index contributed by atoms with van der Waals surface area (Å²) < 4.78 is 0. The van der Waals surface area contributed by atoms with Gasteiger partial charge in [-0.2, -0.15) is 0 Å². The van der Waals surface area contributed by atoms with Gasteiger partial charge in [-0.1, -0.05) is 25.1 Å². The van der Waals surface area contributed by atoms with Crippen LogP contribution in [-0.2, 0) is 11.2 Å². The van der Waals surface area contributed by atoms with E-state index >= 15 is 0 Å². The van der Waals surface area contributed by atoms with Crippen molar-refractivity contribution >= 4 is 5.97 Å². The van der Waals surface area contributed by atoms with Crippen LogP contribution < -0.4 is 0 Å². The van der Waals surface area contributed by atoms with Gasteiger partial charge in [0.2, 0.25) is 0 Å². The summed E-state index contributed by atoms with van der Waals surface area (Å²) in [6.07, 6.45) is 1.85. The summed E-state index contributed by atoms with van der Waals surface area (Å²) in [5.41, 5.74) is 3.83. The molecule has 0 radical (unpaired) electrons. The van der Waals surface area contributed by atoms with Crippen LogP contribution in [0.5, 0.6) is 0 Å². The highest BCUT2D eigenvalue weighted by atomic mass is 16.4. The first-order chi connectivity index (χ1) is 7.13. The number of rotatable bonds is 3. The maximum absolute atomic E-state index is 10.8. The van der Waals surface area contributed by atoms with Crippen LogP contribution in [0.4, 0.5) is 0 Å². The Hall–Kier alpha value is -1.31. The van der Waals surface area contributed by atoms with Crippen molar-refractivity contribution in [2.24, 2.45) is 5.92 Å². The van der Waals surface area contributed by atoms with Gasteiger partial charge in [0.1, 0.15) is 0 Å². The molecule has 80 valence electrons. The van der Waals surface area contributed by atoms with E-state index in [0.29, 0.717) is 0 Å². The van der Waals surface area contributed by atoms with E-state index in [1.54, 1.807) is 0 Å². The fraction of sp³-hybridized carbons (Fsp3) is 0.462. The molecule has 2 heteroatoms. The van der Waals surface area contributed by atoms with E-state index in [1.165, 1.54) is 16.7 Å². The molecule has 1 aromatic rings. The van der Waals surface area contributed by atoms with E-state index in [4.69, 9.17) is 5.11 Å². The molecule has 0 spiro atoms. The summed E-state index contributed by atoms with van der Waals surface area (Å²) >= 11 is 0. The molecule has 1 aliphatic rings. The lowest BCUT2D eigenvalue weighted by Crippen LogP contribution is -1.99. The molecule has 15 heavy (non-hydrogen) atoms. The number of aryl methyl sites for hydroxylation is 2. The quantitative estimate of drug-likeness (QED) is 0.822. The molecular formula is C13H16O2. The monoisotopic (exact) mass is 204 g/mol. The van der Waals surface area contributed by atoms with E-state index in [-0.39, 0.29) is 11.8 Å². The average molecular weight is 204 g/mol. The molecule has 0 amide bonds. The third-order valence-corrected chi connectivity index (χ3v) is 3.28. The average Bonchev–Trinajstić information content (AvgIpc) is 2.97. The van der Waals surface area contributed by atoms with Crippen LogP contribution in [0, 0.1) is 12.8 Å². The van der Waals surface area contributed by atoms with Crippen molar-refractivity contribution in [3.8, 4) is 0 Å². The second-order valence-electron chi connectivity index (χ2n) is 4.33. The highest BCUT2D eigenvalue weighted by Crippen LogP contribution is 2.47. The second-order valence-corrected chi connectivity index (χ2v) is 4.33. The molecule has 0 unspecified atom stereocenters. The van der Waals surface area contributed by atoms with Crippen LogP contribution in [0.3, 0.4) is 0 Å². The molecule has 1 aromatic carbocycles. The van der Waals surface area contributed by atoms with Crippen LogP contribution in [0.15, 0.2) is 18.2 Å². The van der Waals surface area contributed by atoms with E-state index in [0.717, 1.165) is 12.8 Å². The van der Waals surface area contributed by atoms with Gasteiger partial charge in [0.05, 0.1) is 5.92 Å². The van der Waals surface area contributed by atoms with Crippen LogP contribution in [0.25, 0.3) is 0 Å². The van der Waals surface area contributed by atoms with Crippen molar-refractivity contribution in [1.29, 1.82) is 0 Å². The van der Waals surface area contributed by atoms with Gasteiger partial charge in [-0.3, -0.25) is 4.79 Å². The van der Waals surface area contributed by atoms with Crippen molar-refractivity contribution in [1.82, 2.24) is 0 Å². The van der Waals surface area contributed by atoms with Crippen LogP contribution in [-0.4, -0.2) is 11.1 Å². The molecule has 0 bridgehead atoms. The van der Waals surface area contributed by atoms with E-state index in [2.05, 4.69) is 32.0 Å². The second kappa shape index (κ2) is 3.69. The number of hydrogen-bond acceptors (Lipinski definition) is 1. The highest BCUT2D eigenvalue weighted by molar-refractivity contribution is 5.75. The van der Waals surface area contributed by atoms with Gasteiger partial charge >= 0.3 is 5.97 Å². The van der Waals surface area contributed by atoms with Crippen molar-refractivity contribution < 1.29 is 9.90 Å². The normalized spacial score (nSPS) is 23.9. The van der Waals surface area contributed by atoms with Crippen molar-refractivity contribution in [3.05, 3.63) is 34.9 Å². The molecule has 1 fully saturated rings. The Bertz CT molecular complexity index is 396. The van der Waals surface area contributed by atoms with Gasteiger partial charge < -0.3 is 5.11 Å². The number of carboxylic acid groups (broad SMARTS) is 1. The first-order valence-electron chi connectivity index (χ1n) is 5.45. The lowest BCUT2D eigenvalue weighted by Gasteiger charge is -2.05. The maximum Gasteiger partial charge on any atom is 0.307 e. The zero-order valence-corrected chi connectivity index (χ0v) is 9.16. The Morgan fingerprint density at radius 1 is 1.53 bits per heavy atom. The molecule has 1 N–H and O–H groups in total. The molecule has 0 saturated heterocycles. The van der Waals surface area contributed by atoms with Crippen LogP contribution in [0.2, 0.25) is 0 Å². The minimum absolute atomic E-state index is 0.142. The van der Waals surface area contributed by atoms with E-state index in [1.807, 2.05) is 0 Å². The van der Waals surface area contributed by atoms with Gasteiger partial charge in [0.25, 0.3) is 0 Å². The predicted octanol–water partition coefficient (Wildman–Crippen LogP) is 2.75. The lowest BCUT2D eigenvalue weighted by atomic mass is 10.0. The van der Waals surface area contributed by atoms with Gasteiger partial charge in [-0.05, 0) is 42.4 Å². The zero-order chi connectivity index (χ0) is 11.0. The highest BCUT2D eigenvalue weighted by Gasteiger charge is 2.44. The summed E-state index contributed by atoms with van der Waals surface area (Å²) in [6, 6.07) is 6.35. The van der Waals surface area contributed by atoms with Crippen molar-refractivity contribution in [2.45, 2.75) is 32.6 Å². The van der Waals surface area contributed by atoms with Gasteiger partial charge in [0, 0.05) is 0 Å². The molecule has 1 aliphatic carbocycles. The number of carboxylic acids is 1. The minimum atomic E-state index is -0.655. The predicted molar refractivity (Wildman–Crippen MR) is 59.0 cm³/mol. The Morgan fingerprint density at radius 2 is 2.27 bits per heavy atom. The fourth-order valence-corrected chi connectivity index (χ4v) is 2.18. The van der Waals surface area contributed by atoms with Gasteiger partial charge in [-0.25, -0.2) is 0 Å². The fourth-order valence-electron chi connectivity index (χ4n) is 2.18. The van der Waals surface area contributed by atoms with Crippen molar-refractivity contribution in [3.63, 3.8) is 0 Å². The third-order valence-electron chi connectivity index (χ3n) is 3.28. The molecular weight excluding hydrogens is 188 g/mol. The summed E-state index contributed by atoms with van der Waals surface area (Å²) in [7, 11) is 0. The summed E-state index contributed by atoms with van der Waals surface area (Å²) in [5.74, 6) is -0.541. The number of benzene rings is 1. The summed E-state index contributed by atoms with van der Waals surface area (Å²) in [4.78, 5) is 10.8. The smallest absolute Gasteiger partial charge is 0.307 e. The van der Waals surface area contributed by atoms with Gasteiger partial charge in [-0.15, -0.1) is 0 Å². The molecule has 0 aliphatic heterocycles. The third kappa shape index (κ3) is 1.89. The van der Waals surface area contributed by atoms with Crippen LogP contribution >= 0.6 is 0 Å². The Labute approximate surface area is 89.9 Å². The maximum atomic E-state index is 10.8. The van der Waals surface area contributed by atoms with Crippen LogP contribution in [0.1, 0.15) is 36.0 Å². The topological polar surface area (TPSA) is 37.3 Å². The Kier molecular flexibility index (Phi) is 2.51. The molecule has 0 heterocycles. The van der Waals surface area contributed by atoms with Gasteiger partial charge in [0.15, 0.2) is 0 Å². The molecule has 2 rings (SSSR count). The summed E-state index contributed by atoms with van der Waals surface area (Å²) in [6.45, 7) is 4.24. The standard InChI is InChI=1S/C13H16O2/c1-3-9-4-5-10(6-8(9)2)11-7-12(11)13(14)15/h4-6,11-12H,3,7H2,1-2H3,(H,14,15)/t11-,12+/m1/s1.